The van der Waals surface area contributed by atoms with Gasteiger partial charge in [-0.3, -0.25) is 14.5 Å². The fourth-order valence-corrected chi connectivity index (χ4v) is 7.79. The number of methoxy groups -OCH3 is 1. The van der Waals surface area contributed by atoms with Crippen LogP contribution in [0.25, 0.3) is 11.6 Å². The highest BCUT2D eigenvalue weighted by Crippen LogP contribution is 2.51. The number of hydrogen-bond donors (Lipinski definition) is 1. The second-order valence-electron chi connectivity index (χ2n) is 11.9. The summed E-state index contributed by atoms with van der Waals surface area (Å²) in [6.45, 7) is 0.907. The summed E-state index contributed by atoms with van der Waals surface area (Å²) in [5, 5.41) is 10.3. The fourth-order valence-electron chi connectivity index (χ4n) is 7.56. The van der Waals surface area contributed by atoms with Crippen LogP contribution in [0.5, 0.6) is 5.75 Å². The minimum atomic E-state index is -0.329. The van der Waals surface area contributed by atoms with Crippen molar-refractivity contribution in [1.29, 1.82) is 0 Å². The maximum atomic E-state index is 13.8. The van der Waals surface area contributed by atoms with E-state index in [1.807, 2.05) is 24.3 Å². The molecule has 2 aliphatic heterocycles. The van der Waals surface area contributed by atoms with E-state index in [1.54, 1.807) is 24.1 Å². The molecule has 0 aromatic heterocycles. The second-order valence-corrected chi connectivity index (χ2v) is 12.3. The van der Waals surface area contributed by atoms with Crippen LogP contribution < -0.4 is 0 Å². The Labute approximate surface area is 247 Å². The van der Waals surface area contributed by atoms with Gasteiger partial charge in [0.2, 0.25) is 11.8 Å². The molecule has 1 N–H and O–H groups in total. The maximum Gasteiger partial charge on any atom is 0.234 e. The Morgan fingerprint density at radius 2 is 1.85 bits per heavy atom. The van der Waals surface area contributed by atoms with Crippen LogP contribution in [-0.2, 0) is 19.1 Å². The molecule has 6 nitrogen and oxygen atoms in total. The van der Waals surface area contributed by atoms with Crippen LogP contribution in [-0.4, -0.2) is 54.3 Å². The van der Waals surface area contributed by atoms with Gasteiger partial charge in [0.1, 0.15) is 5.75 Å². The zero-order valence-electron chi connectivity index (χ0n) is 23.6. The number of halogens is 1. The zero-order valence-corrected chi connectivity index (χ0v) is 24.3. The molecule has 0 spiro atoms. The first kappa shape index (κ1) is 28.2. The first-order chi connectivity index (χ1) is 20.0. The number of phenolic OH excluding ortho intramolecular Hbond substituents is 1. The third kappa shape index (κ3) is 5.50. The third-order valence-electron chi connectivity index (χ3n) is 9.43. The van der Waals surface area contributed by atoms with Crippen LogP contribution in [0.4, 0.5) is 0 Å². The molecule has 216 valence electrons. The molecule has 6 rings (SSSR count). The van der Waals surface area contributed by atoms with Crippen molar-refractivity contribution in [3.05, 3.63) is 75.8 Å². The van der Waals surface area contributed by atoms with Crippen LogP contribution in [0.1, 0.15) is 62.5 Å². The summed E-state index contributed by atoms with van der Waals surface area (Å²) in [6.07, 6.45) is 9.16. The number of ether oxygens (including phenoxy) is 2. The molecule has 3 fully saturated rings. The molecular formula is C34H38ClNO5. The summed E-state index contributed by atoms with van der Waals surface area (Å²) in [6, 6.07) is 15.3. The summed E-state index contributed by atoms with van der Waals surface area (Å²) in [5.74, 6) is -0.546. The summed E-state index contributed by atoms with van der Waals surface area (Å²) in [7, 11) is 1.69. The maximum absolute atomic E-state index is 13.8. The normalized spacial score (nSPS) is 27.0. The number of likely N-dealkylation sites (tertiary alicyclic amines) is 1. The lowest BCUT2D eigenvalue weighted by molar-refractivity contribution is -0.143. The number of imide groups is 1. The molecule has 2 aliphatic carbocycles. The number of benzene rings is 2. The Kier molecular flexibility index (Phi) is 8.34. The molecule has 2 saturated heterocycles. The number of carbonyl (C=O) groups excluding carboxylic acids is 2. The van der Waals surface area contributed by atoms with E-state index in [4.69, 9.17) is 21.1 Å². The van der Waals surface area contributed by atoms with Gasteiger partial charge in [0, 0.05) is 19.1 Å². The van der Waals surface area contributed by atoms with Gasteiger partial charge in [0.05, 0.1) is 36.2 Å². The van der Waals surface area contributed by atoms with Crippen LogP contribution in [0.3, 0.4) is 0 Å². The van der Waals surface area contributed by atoms with E-state index in [2.05, 4.69) is 18.2 Å². The molecule has 1 saturated carbocycles. The number of nitrogens with zero attached hydrogens (tertiary/aromatic N) is 1. The zero-order chi connectivity index (χ0) is 28.5. The molecular weight excluding hydrogens is 538 g/mol. The third-order valence-corrected chi connectivity index (χ3v) is 9.76. The number of carbonyl (C=O) groups is 2. The molecule has 4 atom stereocenters. The Morgan fingerprint density at radius 1 is 1.07 bits per heavy atom. The van der Waals surface area contributed by atoms with E-state index in [9.17, 15) is 14.7 Å². The van der Waals surface area contributed by atoms with Crippen LogP contribution in [0.2, 0.25) is 5.02 Å². The number of amides is 2. The molecule has 41 heavy (non-hydrogen) atoms. The average molecular weight is 576 g/mol. The van der Waals surface area contributed by atoms with Crippen LogP contribution in [0.15, 0.2) is 59.7 Å². The summed E-state index contributed by atoms with van der Waals surface area (Å²) in [4.78, 5) is 29.1. The predicted molar refractivity (Wildman–Crippen MR) is 159 cm³/mol. The van der Waals surface area contributed by atoms with Gasteiger partial charge in [-0.2, -0.15) is 0 Å². The Hall–Kier alpha value is -2.93. The van der Waals surface area contributed by atoms with E-state index >= 15 is 0 Å². The lowest BCUT2D eigenvalue weighted by atomic mass is 9.69. The van der Waals surface area contributed by atoms with Crippen LogP contribution >= 0.6 is 11.6 Å². The van der Waals surface area contributed by atoms with Gasteiger partial charge in [-0.1, -0.05) is 61.2 Å². The highest BCUT2D eigenvalue weighted by Gasteiger charge is 2.58. The highest BCUT2D eigenvalue weighted by atomic mass is 35.5. The second kappa shape index (κ2) is 12.1. The number of aromatic hydroxyl groups is 1. The minimum absolute atomic E-state index is 0.0157. The predicted octanol–water partition coefficient (Wildman–Crippen LogP) is 6.66. The average Bonchev–Trinajstić information content (AvgIpc) is 3.51. The van der Waals surface area contributed by atoms with Crippen LogP contribution in [0, 0.1) is 17.8 Å². The number of phenols is 1. The van der Waals surface area contributed by atoms with Crippen molar-refractivity contribution in [2.45, 2.75) is 63.5 Å². The molecule has 4 aliphatic rings. The fraction of sp³-hybridized carbons (Fsp3) is 0.471. The Morgan fingerprint density at radius 3 is 2.59 bits per heavy atom. The van der Waals surface area contributed by atoms with E-state index in [-0.39, 0.29) is 47.5 Å². The van der Waals surface area contributed by atoms with Crippen molar-refractivity contribution in [3.63, 3.8) is 0 Å². The Balaban J connectivity index is 1.27. The van der Waals surface area contributed by atoms with E-state index in [0.29, 0.717) is 24.7 Å². The molecule has 2 aromatic rings. The number of fused-ring (bicyclic) bond motifs is 3. The first-order valence-corrected chi connectivity index (χ1v) is 15.3. The Bertz CT molecular complexity index is 1360. The van der Waals surface area contributed by atoms with E-state index < -0.39 is 0 Å². The van der Waals surface area contributed by atoms with Crippen molar-refractivity contribution in [2.75, 3.05) is 20.3 Å². The smallest absolute Gasteiger partial charge is 0.234 e. The highest BCUT2D eigenvalue weighted by molar-refractivity contribution is 6.32. The van der Waals surface area contributed by atoms with Crippen molar-refractivity contribution in [1.82, 2.24) is 4.90 Å². The molecule has 7 heteroatoms. The standard InChI is InChI=1S/C34H38ClNO5/c1-40-19-24-17-27-32(34(39)36(33(27)38)25-10-6-3-7-11-25)28-20-41-30(31(24)28)15-13-22(21-8-4-2-5-9-21)16-23-12-14-26(37)18-29(23)35/h2,4-5,8-9,12,14,16,18,25,27-28,30,32,37H,3,6-7,10-11,13,15,17,19-20H2,1H3/b22-16-/t27-,28+,30-,32-/m1/s1. The minimum Gasteiger partial charge on any atom is -0.508 e. The van der Waals surface area contributed by atoms with Crippen molar-refractivity contribution < 1.29 is 24.2 Å². The number of hydrogen-bond acceptors (Lipinski definition) is 5. The van der Waals surface area contributed by atoms with E-state index in [0.717, 1.165) is 60.8 Å². The number of rotatable bonds is 8. The molecule has 0 bridgehead atoms. The summed E-state index contributed by atoms with van der Waals surface area (Å²) in [5.41, 5.74) is 5.35. The monoisotopic (exact) mass is 575 g/mol. The largest absolute Gasteiger partial charge is 0.508 e. The molecule has 2 amide bonds. The summed E-state index contributed by atoms with van der Waals surface area (Å²) < 4.78 is 12.1. The first-order valence-electron chi connectivity index (χ1n) is 14.9. The SMILES string of the molecule is COCC1=C2[C@@H](CC/C(=C/c3ccc(O)cc3Cl)c3ccccc3)OC[C@@H]2[C@@H]2C(=O)N(C3CCCCC3)C(=O)[C@@H]2C1. The van der Waals surface area contributed by atoms with Gasteiger partial charge >= 0.3 is 0 Å². The molecule has 2 aromatic carbocycles. The summed E-state index contributed by atoms with van der Waals surface area (Å²) >= 11 is 6.46. The van der Waals surface area contributed by atoms with Gasteiger partial charge in [0.25, 0.3) is 0 Å². The van der Waals surface area contributed by atoms with Crippen molar-refractivity contribution in [3.8, 4) is 5.75 Å². The lowest BCUT2D eigenvalue weighted by Gasteiger charge is -2.31. The lowest BCUT2D eigenvalue weighted by Crippen LogP contribution is -2.42. The van der Waals surface area contributed by atoms with Gasteiger partial charge in [0.15, 0.2) is 0 Å². The van der Waals surface area contributed by atoms with Crippen molar-refractivity contribution >= 4 is 35.1 Å². The van der Waals surface area contributed by atoms with Gasteiger partial charge in [-0.25, -0.2) is 0 Å². The van der Waals surface area contributed by atoms with Gasteiger partial charge in [-0.15, -0.1) is 0 Å². The van der Waals surface area contributed by atoms with E-state index in [1.165, 1.54) is 12.0 Å². The number of allylic oxidation sites excluding steroid dienone is 1. The van der Waals surface area contributed by atoms with Gasteiger partial charge < -0.3 is 14.6 Å². The molecule has 2 heterocycles. The van der Waals surface area contributed by atoms with Gasteiger partial charge in [-0.05, 0) is 84.2 Å². The quantitative estimate of drug-likeness (QED) is 0.216. The molecule has 0 radical (unpaired) electrons. The molecule has 0 unspecified atom stereocenters. The van der Waals surface area contributed by atoms with Crippen molar-refractivity contribution in [2.24, 2.45) is 17.8 Å². The topological polar surface area (TPSA) is 76.1 Å².